The Morgan fingerprint density at radius 1 is 1.05 bits per heavy atom. The highest BCUT2D eigenvalue weighted by Gasteiger charge is 2.21. The maximum atomic E-state index is 12.2. The minimum Gasteiger partial charge on any atom is -0.478 e. The number of nitrogens with zero attached hydrogens (tertiary/aromatic N) is 1. The molecule has 0 heterocycles. The monoisotopic (exact) mass is 325 g/mol. The van der Waals surface area contributed by atoms with Crippen LogP contribution in [0, 0.1) is 0 Å². The van der Waals surface area contributed by atoms with Gasteiger partial charge in [0.25, 0.3) is 10.0 Å². The average molecular weight is 326 g/mol. The molecule has 2 aromatic carbocycles. The molecule has 0 atom stereocenters. The van der Waals surface area contributed by atoms with Crippen LogP contribution in [0.15, 0.2) is 54.6 Å². The number of benzene rings is 2. The molecule has 0 amide bonds. The SMILES string of the molecule is O=C(O)c1ccc(N(Cl)S(=O)(=O)Cc2ccccc2)cc1. The molecule has 0 aliphatic carbocycles. The number of aromatic carboxylic acids is 1. The van der Waals surface area contributed by atoms with Gasteiger partial charge in [0.15, 0.2) is 0 Å². The van der Waals surface area contributed by atoms with Crippen LogP contribution in [0.2, 0.25) is 0 Å². The fourth-order valence-corrected chi connectivity index (χ4v) is 3.15. The van der Waals surface area contributed by atoms with Crippen LogP contribution in [0.25, 0.3) is 0 Å². The van der Waals surface area contributed by atoms with Crippen molar-refractivity contribution in [1.82, 2.24) is 0 Å². The molecule has 0 bridgehead atoms. The molecule has 1 N–H and O–H groups in total. The second-order valence-electron chi connectivity index (χ2n) is 4.31. The van der Waals surface area contributed by atoms with Gasteiger partial charge in [-0.15, -0.1) is 0 Å². The van der Waals surface area contributed by atoms with Crippen LogP contribution in [-0.4, -0.2) is 19.5 Å². The molecule has 0 aliphatic heterocycles. The van der Waals surface area contributed by atoms with Crippen LogP contribution in [0.5, 0.6) is 0 Å². The number of sulfonamides is 1. The van der Waals surface area contributed by atoms with Crippen molar-refractivity contribution in [1.29, 1.82) is 0 Å². The van der Waals surface area contributed by atoms with Crippen molar-refractivity contribution in [2.75, 3.05) is 3.82 Å². The van der Waals surface area contributed by atoms with Crippen molar-refractivity contribution in [3.63, 3.8) is 0 Å². The van der Waals surface area contributed by atoms with E-state index in [1.165, 1.54) is 24.3 Å². The van der Waals surface area contributed by atoms with Gasteiger partial charge in [-0.25, -0.2) is 13.2 Å². The molecule has 0 saturated heterocycles. The number of carbonyl (C=O) groups is 1. The summed E-state index contributed by atoms with van der Waals surface area (Å²) >= 11 is 5.88. The van der Waals surface area contributed by atoms with E-state index in [4.69, 9.17) is 16.9 Å². The van der Waals surface area contributed by atoms with Crippen molar-refractivity contribution in [3.05, 3.63) is 65.7 Å². The van der Waals surface area contributed by atoms with Crippen molar-refractivity contribution in [2.24, 2.45) is 0 Å². The van der Waals surface area contributed by atoms with Gasteiger partial charge < -0.3 is 5.11 Å². The number of anilines is 1. The Bertz CT molecular complexity index is 729. The lowest BCUT2D eigenvalue weighted by molar-refractivity contribution is 0.0697. The number of hydrogen-bond acceptors (Lipinski definition) is 3. The lowest BCUT2D eigenvalue weighted by atomic mass is 10.2. The fraction of sp³-hybridized carbons (Fsp3) is 0.0714. The standard InChI is InChI=1S/C14H12ClNO4S/c15-16(13-8-6-12(7-9-13)14(17)18)21(19,20)10-11-4-2-1-3-5-11/h1-9H,10H2,(H,17,18). The van der Waals surface area contributed by atoms with Gasteiger partial charge in [-0.3, -0.25) is 0 Å². The van der Waals surface area contributed by atoms with E-state index in [0.29, 0.717) is 9.39 Å². The van der Waals surface area contributed by atoms with Gasteiger partial charge in [-0.2, -0.15) is 3.82 Å². The maximum absolute atomic E-state index is 12.2. The molecule has 110 valence electrons. The van der Waals surface area contributed by atoms with Gasteiger partial charge in [-0.1, -0.05) is 30.3 Å². The topological polar surface area (TPSA) is 74.7 Å². The number of carboxylic acid groups (broad SMARTS) is 1. The number of carboxylic acids is 1. The summed E-state index contributed by atoms with van der Waals surface area (Å²) in [6.07, 6.45) is 0. The molecule has 0 unspecified atom stereocenters. The minimum atomic E-state index is -3.75. The van der Waals surface area contributed by atoms with Crippen molar-refractivity contribution in [2.45, 2.75) is 5.75 Å². The molecule has 21 heavy (non-hydrogen) atoms. The normalized spacial score (nSPS) is 11.1. The average Bonchev–Trinajstić information content (AvgIpc) is 2.47. The van der Waals surface area contributed by atoms with Gasteiger partial charge in [0.1, 0.15) is 0 Å². The zero-order chi connectivity index (χ0) is 15.5. The molecule has 0 spiro atoms. The zero-order valence-electron chi connectivity index (χ0n) is 10.8. The summed E-state index contributed by atoms with van der Waals surface area (Å²) in [4.78, 5) is 10.8. The minimum absolute atomic E-state index is 0.0595. The van der Waals surface area contributed by atoms with E-state index in [9.17, 15) is 13.2 Å². The first-order chi connectivity index (χ1) is 9.90. The summed E-state index contributed by atoms with van der Waals surface area (Å²) in [5, 5.41) is 8.80. The Hall–Kier alpha value is -2.05. The predicted molar refractivity (Wildman–Crippen MR) is 80.8 cm³/mol. The zero-order valence-corrected chi connectivity index (χ0v) is 12.4. The Morgan fingerprint density at radius 2 is 1.62 bits per heavy atom. The Labute approximate surface area is 127 Å². The third-order valence-corrected chi connectivity index (χ3v) is 4.98. The smallest absolute Gasteiger partial charge is 0.335 e. The molecular weight excluding hydrogens is 314 g/mol. The highest BCUT2D eigenvalue weighted by molar-refractivity contribution is 7.93. The van der Waals surface area contributed by atoms with Crippen molar-refractivity contribution in [3.8, 4) is 0 Å². The largest absolute Gasteiger partial charge is 0.478 e. The first-order valence-corrected chi connectivity index (χ1v) is 7.91. The van der Waals surface area contributed by atoms with E-state index in [1.807, 2.05) is 0 Å². The van der Waals surface area contributed by atoms with Crippen LogP contribution in [0.1, 0.15) is 15.9 Å². The molecule has 2 rings (SSSR count). The number of rotatable bonds is 5. The first kappa shape index (κ1) is 15.3. The predicted octanol–water partition coefficient (Wildman–Crippen LogP) is 2.88. The van der Waals surface area contributed by atoms with E-state index in [1.54, 1.807) is 30.3 Å². The van der Waals surface area contributed by atoms with Gasteiger partial charge in [-0.05, 0) is 29.8 Å². The molecule has 2 aromatic rings. The number of hydrogen-bond donors (Lipinski definition) is 1. The second kappa shape index (κ2) is 6.15. The summed E-state index contributed by atoms with van der Waals surface area (Å²) < 4.78 is 25.0. The molecule has 0 fully saturated rings. The van der Waals surface area contributed by atoms with Gasteiger partial charge in [0, 0.05) is 11.8 Å². The van der Waals surface area contributed by atoms with Gasteiger partial charge >= 0.3 is 5.97 Å². The van der Waals surface area contributed by atoms with E-state index < -0.39 is 16.0 Å². The summed E-state index contributed by atoms with van der Waals surface area (Å²) in [6.45, 7) is 0. The number of halogens is 1. The Kier molecular flexibility index (Phi) is 4.50. The summed E-state index contributed by atoms with van der Waals surface area (Å²) in [6, 6.07) is 13.9. The molecular formula is C14H12ClNO4S. The molecule has 0 radical (unpaired) electrons. The van der Waals surface area contributed by atoms with E-state index in [2.05, 4.69) is 0 Å². The lowest BCUT2D eigenvalue weighted by Gasteiger charge is -2.16. The van der Waals surface area contributed by atoms with Crippen molar-refractivity contribution < 1.29 is 18.3 Å². The third-order valence-electron chi connectivity index (χ3n) is 2.75. The second-order valence-corrected chi connectivity index (χ2v) is 6.66. The molecule has 0 aliphatic rings. The quantitative estimate of drug-likeness (QED) is 0.858. The summed E-state index contributed by atoms with van der Waals surface area (Å²) in [5.41, 5.74) is 0.868. The van der Waals surface area contributed by atoms with Crippen LogP contribution in [0.4, 0.5) is 5.69 Å². The lowest BCUT2D eigenvalue weighted by Crippen LogP contribution is -2.22. The van der Waals surface area contributed by atoms with Crippen LogP contribution >= 0.6 is 11.8 Å². The highest BCUT2D eigenvalue weighted by atomic mass is 35.5. The van der Waals surface area contributed by atoms with Crippen molar-refractivity contribution >= 4 is 33.5 Å². The maximum Gasteiger partial charge on any atom is 0.335 e. The molecule has 5 nitrogen and oxygen atoms in total. The summed E-state index contributed by atoms with van der Waals surface area (Å²) in [5.74, 6) is -1.33. The van der Waals surface area contributed by atoms with Crippen LogP contribution in [0.3, 0.4) is 0 Å². The van der Waals surface area contributed by atoms with E-state index >= 15 is 0 Å². The molecule has 7 heteroatoms. The molecule has 0 saturated carbocycles. The Morgan fingerprint density at radius 3 is 2.14 bits per heavy atom. The Balaban J connectivity index is 2.21. The van der Waals surface area contributed by atoms with E-state index in [-0.39, 0.29) is 17.0 Å². The van der Waals surface area contributed by atoms with Crippen LogP contribution in [-0.2, 0) is 15.8 Å². The first-order valence-electron chi connectivity index (χ1n) is 5.96. The van der Waals surface area contributed by atoms with Gasteiger partial charge in [0.2, 0.25) is 0 Å². The highest BCUT2D eigenvalue weighted by Crippen LogP contribution is 2.23. The van der Waals surface area contributed by atoms with Crippen LogP contribution < -0.4 is 3.82 Å². The molecule has 0 aromatic heterocycles. The summed E-state index contributed by atoms with van der Waals surface area (Å²) in [7, 11) is -3.75. The third kappa shape index (κ3) is 3.74. The van der Waals surface area contributed by atoms with Gasteiger partial charge in [0.05, 0.1) is 17.0 Å². The fourth-order valence-electron chi connectivity index (χ4n) is 1.72. The van der Waals surface area contributed by atoms with E-state index in [0.717, 1.165) is 0 Å².